The molecule has 1 aliphatic heterocycles. The van der Waals surface area contributed by atoms with Gasteiger partial charge in [0.25, 0.3) is 0 Å². The number of esters is 1. The first-order chi connectivity index (χ1) is 15.9. The molecule has 3 rings (SSSR count). The summed E-state index contributed by atoms with van der Waals surface area (Å²) in [5.41, 5.74) is 6.87. The Labute approximate surface area is 189 Å². The van der Waals surface area contributed by atoms with Crippen LogP contribution in [0.3, 0.4) is 0 Å². The van der Waals surface area contributed by atoms with Gasteiger partial charge in [-0.2, -0.15) is 0 Å². The third-order valence-corrected chi connectivity index (χ3v) is 4.60. The summed E-state index contributed by atoms with van der Waals surface area (Å²) in [7, 11) is 1.49. The van der Waals surface area contributed by atoms with Crippen molar-refractivity contribution in [3.05, 3.63) is 42.0 Å². The Kier molecular flexibility index (Phi) is 8.22. The second kappa shape index (κ2) is 11.3. The van der Waals surface area contributed by atoms with Crippen molar-refractivity contribution >= 4 is 23.5 Å². The van der Waals surface area contributed by atoms with Gasteiger partial charge in [-0.15, -0.1) is 0 Å². The predicted octanol–water partition coefficient (Wildman–Crippen LogP) is 0.852. The third-order valence-electron chi connectivity index (χ3n) is 4.60. The molecular formula is C21H25FN6O5. The molecule has 1 aromatic heterocycles. The molecule has 2 heterocycles. The number of amidine groups is 1. The third kappa shape index (κ3) is 6.67. The van der Waals surface area contributed by atoms with E-state index < -0.39 is 17.9 Å². The minimum atomic E-state index is -0.738. The number of nitrogens with one attached hydrogen (secondary N) is 1. The number of nitrogens with two attached hydrogens (primary N) is 1. The first-order valence-electron chi connectivity index (χ1n) is 10.0. The van der Waals surface area contributed by atoms with Crippen LogP contribution in [0.4, 0.5) is 10.3 Å². The maximum absolute atomic E-state index is 14.9. The van der Waals surface area contributed by atoms with Crippen LogP contribution in [0.15, 0.2) is 35.7 Å². The number of carbonyl (C=O) groups is 1. The van der Waals surface area contributed by atoms with Crippen molar-refractivity contribution in [1.82, 2.24) is 9.97 Å². The molecule has 0 bridgehead atoms. The van der Waals surface area contributed by atoms with Gasteiger partial charge in [-0.05, 0) is 0 Å². The van der Waals surface area contributed by atoms with E-state index in [1.807, 2.05) is 4.90 Å². The SMILES string of the molecule is COCC(O)CON=C1CN(c2ncc(-c3cccc(COC(=O)CC(=N)N)c3F)cn2)C1. The van der Waals surface area contributed by atoms with E-state index in [0.29, 0.717) is 24.6 Å². The van der Waals surface area contributed by atoms with Crippen molar-refractivity contribution in [2.45, 2.75) is 19.1 Å². The van der Waals surface area contributed by atoms with E-state index in [9.17, 15) is 14.3 Å². The van der Waals surface area contributed by atoms with Crippen molar-refractivity contribution in [1.29, 1.82) is 5.41 Å². The van der Waals surface area contributed by atoms with Crippen LogP contribution in [-0.4, -0.2) is 72.1 Å². The molecule has 1 unspecified atom stereocenters. The molecule has 4 N–H and O–H groups in total. The molecule has 0 aliphatic carbocycles. The Morgan fingerprint density at radius 3 is 2.73 bits per heavy atom. The van der Waals surface area contributed by atoms with Crippen molar-refractivity contribution in [3.8, 4) is 11.1 Å². The fourth-order valence-electron chi connectivity index (χ4n) is 2.95. The van der Waals surface area contributed by atoms with Crippen LogP contribution in [-0.2, 0) is 25.7 Å². The molecule has 1 saturated heterocycles. The molecule has 33 heavy (non-hydrogen) atoms. The smallest absolute Gasteiger partial charge is 0.313 e. The van der Waals surface area contributed by atoms with Gasteiger partial charge in [0.2, 0.25) is 5.95 Å². The molecule has 176 valence electrons. The molecule has 1 fully saturated rings. The standard InChI is InChI=1S/C21H25FN6O5/c1-31-11-16(29)12-33-27-15-8-28(9-15)21-25-6-14(7-26-21)17-4-2-3-13(20(17)22)10-32-19(30)5-18(23)24/h2-4,6-7,16,29H,5,8-12H2,1H3,(H3,23,24). The molecule has 0 saturated carbocycles. The Morgan fingerprint density at radius 2 is 2.06 bits per heavy atom. The lowest BCUT2D eigenvalue weighted by atomic mass is 10.1. The molecule has 0 radical (unpaired) electrons. The second-order valence-electron chi connectivity index (χ2n) is 7.33. The number of hydrogen-bond acceptors (Lipinski definition) is 10. The van der Waals surface area contributed by atoms with E-state index in [1.165, 1.54) is 25.6 Å². The van der Waals surface area contributed by atoms with Crippen LogP contribution in [0, 0.1) is 11.2 Å². The highest BCUT2D eigenvalue weighted by atomic mass is 19.1. The number of carbonyl (C=O) groups excluding carboxylic acids is 1. The number of aliphatic hydroxyl groups is 1. The number of benzene rings is 1. The van der Waals surface area contributed by atoms with Crippen LogP contribution in [0.5, 0.6) is 0 Å². The molecule has 0 spiro atoms. The van der Waals surface area contributed by atoms with Crippen LogP contribution >= 0.6 is 0 Å². The molecule has 11 nitrogen and oxygen atoms in total. The quantitative estimate of drug-likeness (QED) is 0.191. The van der Waals surface area contributed by atoms with Crippen LogP contribution in [0.1, 0.15) is 12.0 Å². The minimum absolute atomic E-state index is 0.0447. The maximum Gasteiger partial charge on any atom is 0.313 e. The second-order valence-corrected chi connectivity index (χ2v) is 7.33. The number of rotatable bonds is 11. The lowest BCUT2D eigenvalue weighted by Gasteiger charge is -2.31. The highest BCUT2D eigenvalue weighted by Gasteiger charge is 2.25. The van der Waals surface area contributed by atoms with E-state index in [-0.39, 0.29) is 43.2 Å². The number of nitrogens with zero attached hydrogens (tertiary/aromatic N) is 4. The Morgan fingerprint density at radius 1 is 1.33 bits per heavy atom. The summed E-state index contributed by atoms with van der Waals surface area (Å²) in [6.45, 7) is 0.907. The highest BCUT2D eigenvalue weighted by Crippen LogP contribution is 2.26. The molecular weight excluding hydrogens is 435 g/mol. The summed E-state index contributed by atoms with van der Waals surface area (Å²) in [4.78, 5) is 27.1. The van der Waals surface area contributed by atoms with Crippen LogP contribution < -0.4 is 10.6 Å². The zero-order valence-electron chi connectivity index (χ0n) is 18.0. The van der Waals surface area contributed by atoms with Gasteiger partial charge in [-0.1, -0.05) is 23.4 Å². The number of aromatic nitrogens is 2. The summed E-state index contributed by atoms with van der Waals surface area (Å²) in [5, 5.41) is 20.6. The van der Waals surface area contributed by atoms with Crippen molar-refractivity contribution < 1.29 is 28.6 Å². The summed E-state index contributed by atoms with van der Waals surface area (Å²) in [5.74, 6) is -1.10. The number of methoxy groups -OCH3 is 1. The molecule has 2 aromatic rings. The highest BCUT2D eigenvalue weighted by molar-refractivity contribution is 5.98. The zero-order valence-corrected chi connectivity index (χ0v) is 18.0. The molecule has 1 atom stereocenters. The van der Waals surface area contributed by atoms with Gasteiger partial charge < -0.3 is 30.1 Å². The Balaban J connectivity index is 1.56. The normalized spacial score (nSPS) is 13.8. The van der Waals surface area contributed by atoms with Gasteiger partial charge in [0, 0.05) is 36.2 Å². The lowest BCUT2D eigenvalue weighted by molar-refractivity contribution is -0.143. The van der Waals surface area contributed by atoms with Gasteiger partial charge in [0.05, 0.1) is 25.4 Å². The average Bonchev–Trinajstić information content (AvgIpc) is 2.74. The van der Waals surface area contributed by atoms with Gasteiger partial charge in [0.1, 0.15) is 37.4 Å². The summed E-state index contributed by atoms with van der Waals surface area (Å²) in [6.07, 6.45) is 1.94. The monoisotopic (exact) mass is 460 g/mol. The van der Waals surface area contributed by atoms with E-state index in [1.54, 1.807) is 12.1 Å². The summed E-state index contributed by atoms with van der Waals surface area (Å²) < 4.78 is 24.7. The van der Waals surface area contributed by atoms with Gasteiger partial charge >= 0.3 is 5.97 Å². The van der Waals surface area contributed by atoms with Crippen LogP contribution in [0.25, 0.3) is 11.1 Å². The summed E-state index contributed by atoms with van der Waals surface area (Å²) in [6, 6.07) is 4.73. The molecule has 0 amide bonds. The fraction of sp³-hybridized carbons (Fsp3) is 0.381. The van der Waals surface area contributed by atoms with Crippen LogP contribution in [0.2, 0.25) is 0 Å². The molecule has 12 heteroatoms. The van der Waals surface area contributed by atoms with Crippen molar-refractivity contribution in [3.63, 3.8) is 0 Å². The number of hydrogen-bond donors (Lipinski definition) is 3. The van der Waals surface area contributed by atoms with Gasteiger partial charge in [-0.3, -0.25) is 10.2 Å². The number of ether oxygens (including phenoxy) is 2. The first-order valence-corrected chi connectivity index (χ1v) is 10.0. The lowest BCUT2D eigenvalue weighted by Crippen LogP contribution is -2.48. The zero-order chi connectivity index (χ0) is 23.8. The summed E-state index contributed by atoms with van der Waals surface area (Å²) >= 11 is 0. The Bertz CT molecular complexity index is 1010. The largest absolute Gasteiger partial charge is 0.460 e. The number of anilines is 1. The van der Waals surface area contributed by atoms with E-state index >= 15 is 0 Å². The van der Waals surface area contributed by atoms with Gasteiger partial charge in [-0.25, -0.2) is 14.4 Å². The predicted molar refractivity (Wildman–Crippen MR) is 117 cm³/mol. The molecule has 1 aliphatic rings. The number of aliphatic hydroxyl groups excluding tert-OH is 1. The Hall–Kier alpha value is -3.64. The average molecular weight is 460 g/mol. The minimum Gasteiger partial charge on any atom is -0.460 e. The van der Waals surface area contributed by atoms with Crippen molar-refractivity contribution in [2.24, 2.45) is 10.9 Å². The topological polar surface area (TPSA) is 156 Å². The maximum atomic E-state index is 14.9. The first kappa shape index (κ1) is 24.0. The van der Waals surface area contributed by atoms with E-state index in [2.05, 4.69) is 15.1 Å². The van der Waals surface area contributed by atoms with Gasteiger partial charge in [0.15, 0.2) is 0 Å². The molecule has 1 aromatic carbocycles. The fourth-order valence-corrected chi connectivity index (χ4v) is 2.95. The number of oxime groups is 1. The van der Waals surface area contributed by atoms with E-state index in [4.69, 9.17) is 25.5 Å². The van der Waals surface area contributed by atoms with Crippen molar-refractivity contribution in [2.75, 3.05) is 38.3 Å². The van der Waals surface area contributed by atoms with E-state index in [0.717, 1.165) is 5.71 Å². The number of halogens is 1.